The van der Waals surface area contributed by atoms with E-state index >= 15 is 0 Å². The number of hydrogen-bond donors (Lipinski definition) is 1. The van der Waals surface area contributed by atoms with E-state index < -0.39 is 0 Å². The molecule has 0 aliphatic rings. The Bertz CT molecular complexity index is 657. The number of amides is 1. The minimum absolute atomic E-state index is 0.0182. The molecule has 0 spiro atoms. The second-order valence-corrected chi connectivity index (χ2v) is 5.98. The summed E-state index contributed by atoms with van der Waals surface area (Å²) in [7, 11) is 3.52. The lowest BCUT2D eigenvalue weighted by molar-refractivity contribution is 0.0827. The van der Waals surface area contributed by atoms with Crippen LogP contribution in [0.1, 0.15) is 52.3 Å². The molecule has 0 aliphatic carbocycles. The number of nitrogens with one attached hydrogen (secondary N) is 1. The molecule has 0 aliphatic heterocycles. The zero-order valence-electron chi connectivity index (χ0n) is 14.5. The zero-order chi connectivity index (χ0) is 17.0. The molecule has 0 radical (unpaired) electrons. The first-order valence-electron chi connectivity index (χ1n) is 7.90. The topological polar surface area (TPSA) is 58.4 Å². The highest BCUT2D eigenvalue weighted by atomic mass is 16.5. The number of nitrogens with zero attached hydrogens (tertiary/aromatic N) is 2. The van der Waals surface area contributed by atoms with Gasteiger partial charge in [0, 0.05) is 37.8 Å². The fourth-order valence-corrected chi connectivity index (χ4v) is 2.75. The lowest BCUT2D eigenvalue weighted by Gasteiger charge is -2.17. The number of rotatable bonds is 6. The molecule has 1 aromatic carbocycles. The highest BCUT2D eigenvalue weighted by Crippen LogP contribution is 2.24. The molecule has 2 rings (SSSR count). The highest BCUT2D eigenvalue weighted by molar-refractivity contribution is 5.94. The van der Waals surface area contributed by atoms with Crippen molar-refractivity contribution in [1.29, 1.82) is 0 Å². The van der Waals surface area contributed by atoms with Crippen molar-refractivity contribution in [1.82, 2.24) is 15.4 Å². The minimum atomic E-state index is 0.0182. The van der Waals surface area contributed by atoms with E-state index in [2.05, 4.69) is 17.4 Å². The maximum Gasteiger partial charge on any atom is 0.253 e. The van der Waals surface area contributed by atoms with Gasteiger partial charge in [-0.05, 0) is 38.0 Å². The summed E-state index contributed by atoms with van der Waals surface area (Å²) in [5.41, 5.74) is 3.86. The van der Waals surface area contributed by atoms with Crippen LogP contribution in [0.2, 0.25) is 0 Å². The monoisotopic (exact) mass is 315 g/mol. The van der Waals surface area contributed by atoms with Crippen LogP contribution in [0.25, 0.3) is 0 Å². The molecule has 124 valence electrons. The normalized spacial score (nSPS) is 12.2. The molecule has 0 unspecified atom stereocenters. The van der Waals surface area contributed by atoms with E-state index in [0.717, 1.165) is 29.0 Å². The first-order chi connectivity index (χ1) is 10.9. The molecule has 1 heterocycles. The molecule has 5 nitrogen and oxygen atoms in total. The Hall–Kier alpha value is -2.14. The van der Waals surface area contributed by atoms with E-state index in [0.29, 0.717) is 12.1 Å². The van der Waals surface area contributed by atoms with Gasteiger partial charge in [0.25, 0.3) is 5.91 Å². The van der Waals surface area contributed by atoms with Crippen molar-refractivity contribution in [2.75, 3.05) is 14.1 Å². The smallest absolute Gasteiger partial charge is 0.253 e. The minimum Gasteiger partial charge on any atom is -0.361 e. The molecule has 1 atom stereocenters. The molecule has 5 heteroatoms. The third-order valence-corrected chi connectivity index (χ3v) is 3.98. The molecular weight excluding hydrogens is 290 g/mol. The van der Waals surface area contributed by atoms with Gasteiger partial charge in [0.15, 0.2) is 0 Å². The van der Waals surface area contributed by atoms with E-state index in [1.807, 2.05) is 38.1 Å². The molecule has 1 amide bonds. The van der Waals surface area contributed by atoms with Gasteiger partial charge in [-0.2, -0.15) is 0 Å². The van der Waals surface area contributed by atoms with E-state index in [1.165, 1.54) is 0 Å². The maximum atomic E-state index is 12.1. The van der Waals surface area contributed by atoms with Crippen LogP contribution >= 0.6 is 0 Å². The molecule has 2 aromatic rings. The Labute approximate surface area is 137 Å². The molecule has 0 fully saturated rings. The summed E-state index contributed by atoms with van der Waals surface area (Å²) in [5, 5.41) is 7.57. The molecule has 0 bridgehead atoms. The predicted molar refractivity (Wildman–Crippen MR) is 90.3 cm³/mol. The van der Waals surface area contributed by atoms with Crippen molar-refractivity contribution in [3.63, 3.8) is 0 Å². The first-order valence-corrected chi connectivity index (χ1v) is 7.90. The summed E-state index contributed by atoms with van der Waals surface area (Å²) in [6.07, 6.45) is 0.944. The van der Waals surface area contributed by atoms with Crippen LogP contribution in [0.5, 0.6) is 0 Å². The Balaban J connectivity index is 2.11. The summed E-state index contributed by atoms with van der Waals surface area (Å²) in [4.78, 5) is 13.6. The standard InChI is InChI=1S/C18H25N3O2/c1-6-16(17-12(2)20-23-13(17)3)19-11-14-8-7-9-15(10-14)18(22)21(4)5/h7-10,16,19H,6,11H2,1-5H3/t16-/m0/s1. The lowest BCUT2D eigenvalue weighted by atomic mass is 10.0. The second kappa shape index (κ2) is 7.42. The highest BCUT2D eigenvalue weighted by Gasteiger charge is 2.18. The molecule has 1 aromatic heterocycles. The number of hydrogen-bond acceptors (Lipinski definition) is 4. The van der Waals surface area contributed by atoms with Crippen molar-refractivity contribution in [2.45, 2.75) is 39.8 Å². The summed E-state index contributed by atoms with van der Waals surface area (Å²) < 4.78 is 5.27. The van der Waals surface area contributed by atoms with E-state index in [-0.39, 0.29) is 11.9 Å². The third kappa shape index (κ3) is 3.99. The quantitative estimate of drug-likeness (QED) is 0.889. The summed E-state index contributed by atoms with van der Waals surface area (Å²) in [6, 6.07) is 7.92. The van der Waals surface area contributed by atoms with Gasteiger partial charge in [-0.1, -0.05) is 24.2 Å². The Morgan fingerprint density at radius 3 is 2.65 bits per heavy atom. The number of carbonyl (C=O) groups is 1. The van der Waals surface area contributed by atoms with Crippen LogP contribution in [-0.4, -0.2) is 30.1 Å². The second-order valence-electron chi connectivity index (χ2n) is 5.98. The Morgan fingerprint density at radius 2 is 2.09 bits per heavy atom. The SMILES string of the molecule is CC[C@H](NCc1cccc(C(=O)N(C)C)c1)c1c(C)noc1C. The van der Waals surface area contributed by atoms with Crippen molar-refractivity contribution >= 4 is 5.91 Å². The Morgan fingerprint density at radius 1 is 1.35 bits per heavy atom. The van der Waals surface area contributed by atoms with Crippen LogP contribution < -0.4 is 5.32 Å². The van der Waals surface area contributed by atoms with Crippen LogP contribution in [0, 0.1) is 13.8 Å². The van der Waals surface area contributed by atoms with Crippen molar-refractivity contribution in [3.05, 3.63) is 52.4 Å². The molecule has 0 saturated heterocycles. The molecule has 23 heavy (non-hydrogen) atoms. The van der Waals surface area contributed by atoms with Gasteiger partial charge in [0.05, 0.1) is 5.69 Å². The van der Waals surface area contributed by atoms with Crippen LogP contribution in [0.3, 0.4) is 0 Å². The number of carbonyl (C=O) groups excluding carboxylic acids is 1. The van der Waals surface area contributed by atoms with Crippen LogP contribution in [0.15, 0.2) is 28.8 Å². The van der Waals surface area contributed by atoms with Gasteiger partial charge in [-0.3, -0.25) is 4.79 Å². The fourth-order valence-electron chi connectivity index (χ4n) is 2.75. The van der Waals surface area contributed by atoms with Crippen molar-refractivity contribution in [2.24, 2.45) is 0 Å². The third-order valence-electron chi connectivity index (χ3n) is 3.98. The largest absolute Gasteiger partial charge is 0.361 e. The predicted octanol–water partition coefficient (Wildman–Crippen LogP) is 3.23. The number of benzene rings is 1. The van der Waals surface area contributed by atoms with Gasteiger partial charge in [0.2, 0.25) is 0 Å². The van der Waals surface area contributed by atoms with Gasteiger partial charge in [-0.15, -0.1) is 0 Å². The average Bonchev–Trinajstić information content (AvgIpc) is 2.87. The van der Waals surface area contributed by atoms with Gasteiger partial charge < -0.3 is 14.7 Å². The van der Waals surface area contributed by atoms with Crippen LogP contribution in [0.4, 0.5) is 0 Å². The van der Waals surface area contributed by atoms with Gasteiger partial charge >= 0.3 is 0 Å². The maximum absolute atomic E-state index is 12.1. The van der Waals surface area contributed by atoms with E-state index in [4.69, 9.17) is 4.52 Å². The van der Waals surface area contributed by atoms with Gasteiger partial charge in [0.1, 0.15) is 5.76 Å². The average molecular weight is 315 g/mol. The molecular formula is C18H25N3O2. The van der Waals surface area contributed by atoms with Crippen molar-refractivity contribution < 1.29 is 9.32 Å². The number of aryl methyl sites for hydroxylation is 2. The van der Waals surface area contributed by atoms with Crippen molar-refractivity contribution in [3.8, 4) is 0 Å². The first kappa shape index (κ1) is 17.2. The zero-order valence-corrected chi connectivity index (χ0v) is 14.5. The molecule has 1 N–H and O–H groups in total. The van der Waals surface area contributed by atoms with E-state index in [9.17, 15) is 4.79 Å². The van der Waals surface area contributed by atoms with E-state index in [1.54, 1.807) is 19.0 Å². The lowest BCUT2D eigenvalue weighted by Crippen LogP contribution is -2.23. The van der Waals surface area contributed by atoms with Crippen LogP contribution in [-0.2, 0) is 6.54 Å². The Kier molecular flexibility index (Phi) is 5.55. The summed E-state index contributed by atoms with van der Waals surface area (Å²) in [5.74, 6) is 0.878. The summed E-state index contributed by atoms with van der Waals surface area (Å²) in [6.45, 7) is 6.73. The molecule has 0 saturated carbocycles. The summed E-state index contributed by atoms with van der Waals surface area (Å²) >= 11 is 0. The number of aromatic nitrogens is 1. The van der Waals surface area contributed by atoms with Gasteiger partial charge in [-0.25, -0.2) is 0 Å². The fraction of sp³-hybridized carbons (Fsp3) is 0.444.